The predicted octanol–water partition coefficient (Wildman–Crippen LogP) is 2.05. The molecule has 0 atom stereocenters. The van der Waals surface area contributed by atoms with E-state index in [9.17, 15) is 9.18 Å². The van der Waals surface area contributed by atoms with Gasteiger partial charge < -0.3 is 10.6 Å². The van der Waals surface area contributed by atoms with Crippen molar-refractivity contribution in [2.75, 3.05) is 13.1 Å². The van der Waals surface area contributed by atoms with Crippen LogP contribution in [0.5, 0.6) is 0 Å². The molecule has 1 aromatic heterocycles. The topological polar surface area (TPSA) is 54.0 Å². The van der Waals surface area contributed by atoms with Crippen LogP contribution in [-0.2, 0) is 6.54 Å². The van der Waals surface area contributed by atoms with Crippen LogP contribution in [0.2, 0.25) is 0 Å². The van der Waals surface area contributed by atoms with Gasteiger partial charge in [0, 0.05) is 37.6 Å². The third kappa shape index (κ3) is 4.65. The molecule has 0 radical (unpaired) electrons. The number of carbonyl (C=O) groups excluding carboxylic acids is 1. The lowest BCUT2D eigenvalue weighted by Crippen LogP contribution is -2.31. The number of aromatic nitrogens is 1. The number of nitrogens with one attached hydrogen (secondary N) is 2. The molecule has 0 bridgehead atoms. The summed E-state index contributed by atoms with van der Waals surface area (Å²) < 4.78 is 13.4. The normalized spacial score (nSPS) is 10.4. The number of benzene rings is 1. The van der Waals surface area contributed by atoms with Gasteiger partial charge in [-0.2, -0.15) is 0 Å². The zero-order chi connectivity index (χ0) is 15.1. The van der Waals surface area contributed by atoms with Gasteiger partial charge in [0.05, 0.1) is 0 Å². The molecule has 4 nitrogen and oxygen atoms in total. The highest BCUT2D eigenvalue weighted by atomic mass is 19.1. The number of halogens is 1. The fourth-order valence-electron chi connectivity index (χ4n) is 1.83. The predicted molar refractivity (Wildman–Crippen MR) is 79.4 cm³/mol. The Hall–Kier alpha value is -2.27. The zero-order valence-corrected chi connectivity index (χ0v) is 11.9. The van der Waals surface area contributed by atoms with Gasteiger partial charge in [-0.3, -0.25) is 9.78 Å². The number of aryl methyl sites for hydroxylation is 1. The van der Waals surface area contributed by atoms with Crippen LogP contribution in [-0.4, -0.2) is 24.0 Å². The molecule has 0 unspecified atom stereocenters. The largest absolute Gasteiger partial charge is 0.351 e. The summed E-state index contributed by atoms with van der Waals surface area (Å²) in [6.07, 6.45) is 3.48. The molecule has 0 saturated heterocycles. The van der Waals surface area contributed by atoms with Crippen molar-refractivity contribution in [2.24, 2.45) is 0 Å². The van der Waals surface area contributed by atoms with E-state index in [1.807, 2.05) is 12.1 Å². The molecular weight excluding hydrogens is 269 g/mol. The summed E-state index contributed by atoms with van der Waals surface area (Å²) in [5.41, 5.74) is 2.01. The summed E-state index contributed by atoms with van der Waals surface area (Å²) >= 11 is 0. The Balaban J connectivity index is 1.71. The molecule has 2 rings (SSSR count). The molecule has 0 aliphatic heterocycles. The molecule has 0 spiro atoms. The van der Waals surface area contributed by atoms with Crippen molar-refractivity contribution in [3.05, 3.63) is 65.2 Å². The molecule has 2 aromatic rings. The van der Waals surface area contributed by atoms with Crippen LogP contribution < -0.4 is 10.6 Å². The van der Waals surface area contributed by atoms with E-state index in [0.29, 0.717) is 24.2 Å². The number of carbonyl (C=O) groups is 1. The van der Waals surface area contributed by atoms with E-state index >= 15 is 0 Å². The van der Waals surface area contributed by atoms with E-state index in [1.165, 1.54) is 6.07 Å². The van der Waals surface area contributed by atoms with Crippen LogP contribution in [0.15, 0.2) is 42.7 Å². The van der Waals surface area contributed by atoms with E-state index in [2.05, 4.69) is 15.6 Å². The molecule has 5 heteroatoms. The van der Waals surface area contributed by atoms with Gasteiger partial charge in [-0.25, -0.2) is 4.39 Å². The van der Waals surface area contributed by atoms with Crippen molar-refractivity contribution < 1.29 is 9.18 Å². The van der Waals surface area contributed by atoms with Crippen LogP contribution in [0.3, 0.4) is 0 Å². The molecule has 1 amide bonds. The summed E-state index contributed by atoms with van der Waals surface area (Å²) in [5, 5.41) is 5.96. The van der Waals surface area contributed by atoms with Gasteiger partial charge in [0.15, 0.2) is 0 Å². The van der Waals surface area contributed by atoms with Gasteiger partial charge in [-0.15, -0.1) is 0 Å². The Morgan fingerprint density at radius 1 is 1.19 bits per heavy atom. The smallest absolute Gasteiger partial charge is 0.251 e. The molecule has 0 saturated carbocycles. The van der Waals surface area contributed by atoms with E-state index in [4.69, 9.17) is 0 Å². The Labute approximate surface area is 123 Å². The lowest BCUT2D eigenvalue weighted by Gasteiger charge is -2.07. The van der Waals surface area contributed by atoms with Crippen LogP contribution in [0.4, 0.5) is 4.39 Å². The number of hydrogen-bond donors (Lipinski definition) is 2. The average Bonchev–Trinajstić information content (AvgIpc) is 2.50. The molecule has 1 aromatic carbocycles. The number of rotatable bonds is 6. The first kappa shape index (κ1) is 15.1. The molecule has 0 aliphatic rings. The van der Waals surface area contributed by atoms with Crippen molar-refractivity contribution in [3.8, 4) is 0 Å². The average molecular weight is 287 g/mol. The maximum absolute atomic E-state index is 13.4. The summed E-state index contributed by atoms with van der Waals surface area (Å²) in [5.74, 6) is -0.627. The van der Waals surface area contributed by atoms with Crippen molar-refractivity contribution in [1.29, 1.82) is 0 Å². The Kier molecular flexibility index (Phi) is 5.40. The Morgan fingerprint density at radius 2 is 1.95 bits per heavy atom. The van der Waals surface area contributed by atoms with Gasteiger partial charge in [-0.05, 0) is 42.3 Å². The van der Waals surface area contributed by atoms with Gasteiger partial charge in [0.1, 0.15) is 5.82 Å². The van der Waals surface area contributed by atoms with Crippen LogP contribution >= 0.6 is 0 Å². The van der Waals surface area contributed by atoms with Gasteiger partial charge in [-0.1, -0.05) is 6.07 Å². The Bertz CT molecular complexity index is 602. The molecule has 21 heavy (non-hydrogen) atoms. The first-order valence-corrected chi connectivity index (χ1v) is 6.81. The minimum Gasteiger partial charge on any atom is -0.351 e. The molecule has 1 heterocycles. The first-order chi connectivity index (χ1) is 10.2. The molecule has 110 valence electrons. The molecule has 0 aliphatic carbocycles. The first-order valence-electron chi connectivity index (χ1n) is 6.81. The molecule has 0 fully saturated rings. The second-order valence-corrected chi connectivity index (χ2v) is 4.75. The van der Waals surface area contributed by atoms with Crippen molar-refractivity contribution in [2.45, 2.75) is 13.5 Å². The second-order valence-electron chi connectivity index (χ2n) is 4.75. The standard InChI is InChI=1S/C16H18FN3O/c1-12-2-3-14(10-15(12)17)16(21)20-9-8-19-11-13-4-6-18-7-5-13/h2-7,10,19H,8-9,11H2,1H3,(H,20,21). The highest BCUT2D eigenvalue weighted by Crippen LogP contribution is 2.08. The monoisotopic (exact) mass is 287 g/mol. The second kappa shape index (κ2) is 7.50. The zero-order valence-electron chi connectivity index (χ0n) is 11.9. The van der Waals surface area contributed by atoms with Crippen LogP contribution in [0, 0.1) is 12.7 Å². The fraction of sp³-hybridized carbons (Fsp3) is 0.250. The summed E-state index contributed by atoms with van der Waals surface area (Å²) in [6.45, 7) is 3.51. The number of pyridine rings is 1. The highest BCUT2D eigenvalue weighted by Gasteiger charge is 2.07. The minimum absolute atomic E-state index is 0.264. The third-order valence-corrected chi connectivity index (χ3v) is 3.10. The lowest BCUT2D eigenvalue weighted by atomic mass is 10.1. The number of nitrogens with zero attached hydrogens (tertiary/aromatic N) is 1. The van der Waals surface area contributed by atoms with Crippen molar-refractivity contribution in [3.63, 3.8) is 0 Å². The van der Waals surface area contributed by atoms with Gasteiger partial charge >= 0.3 is 0 Å². The maximum Gasteiger partial charge on any atom is 0.251 e. The van der Waals surface area contributed by atoms with Crippen molar-refractivity contribution >= 4 is 5.91 Å². The Morgan fingerprint density at radius 3 is 2.67 bits per heavy atom. The fourth-order valence-corrected chi connectivity index (χ4v) is 1.83. The van der Waals surface area contributed by atoms with E-state index < -0.39 is 0 Å². The van der Waals surface area contributed by atoms with E-state index in [0.717, 1.165) is 12.1 Å². The van der Waals surface area contributed by atoms with Gasteiger partial charge in [0.2, 0.25) is 0 Å². The summed E-state index contributed by atoms with van der Waals surface area (Å²) in [7, 11) is 0. The van der Waals surface area contributed by atoms with E-state index in [1.54, 1.807) is 31.5 Å². The summed E-state index contributed by atoms with van der Waals surface area (Å²) in [4.78, 5) is 15.8. The highest BCUT2D eigenvalue weighted by molar-refractivity contribution is 5.94. The minimum atomic E-state index is -0.363. The maximum atomic E-state index is 13.4. The quantitative estimate of drug-likeness (QED) is 0.800. The summed E-state index contributed by atoms with van der Waals surface area (Å²) in [6, 6.07) is 8.35. The van der Waals surface area contributed by atoms with Crippen LogP contribution in [0.1, 0.15) is 21.5 Å². The lowest BCUT2D eigenvalue weighted by molar-refractivity contribution is 0.0953. The van der Waals surface area contributed by atoms with Crippen LogP contribution in [0.25, 0.3) is 0 Å². The SMILES string of the molecule is Cc1ccc(C(=O)NCCNCc2ccncc2)cc1F. The molecule has 2 N–H and O–H groups in total. The number of hydrogen-bond acceptors (Lipinski definition) is 3. The molecular formula is C16H18FN3O. The van der Waals surface area contributed by atoms with E-state index in [-0.39, 0.29) is 11.7 Å². The van der Waals surface area contributed by atoms with Gasteiger partial charge in [0.25, 0.3) is 5.91 Å². The number of amides is 1. The third-order valence-electron chi connectivity index (χ3n) is 3.10. The van der Waals surface area contributed by atoms with Crippen molar-refractivity contribution in [1.82, 2.24) is 15.6 Å².